The van der Waals surface area contributed by atoms with Crippen LogP contribution in [0.25, 0.3) is 0 Å². The molecule has 1 N–H and O–H groups in total. The number of halogens is 2. The Kier molecular flexibility index (Phi) is 3.74. The van der Waals surface area contributed by atoms with Gasteiger partial charge in [-0.15, -0.1) is 0 Å². The third-order valence-electron chi connectivity index (χ3n) is 0.538. The van der Waals surface area contributed by atoms with Crippen molar-refractivity contribution in [1.29, 1.82) is 0 Å². The fraction of sp³-hybridized carbons (Fsp3) is 0. The summed E-state index contributed by atoms with van der Waals surface area (Å²) < 4.78 is 39.9. The number of phosphoric acid groups is 1. The van der Waals surface area contributed by atoms with E-state index < -0.39 is 19.8 Å². The Labute approximate surface area is 63.2 Å². The lowest BCUT2D eigenvalue weighted by molar-refractivity contribution is -0.165. The second-order valence-corrected chi connectivity index (χ2v) is 2.62. The fourth-order valence-corrected chi connectivity index (χ4v) is 0.538. The molecular formula is C2HF2O7P. The highest BCUT2D eigenvalue weighted by Gasteiger charge is 2.36. The molecule has 7 nitrogen and oxygen atoms in total. The van der Waals surface area contributed by atoms with Crippen LogP contribution in [0.5, 0.6) is 0 Å². The van der Waals surface area contributed by atoms with Gasteiger partial charge in [0.2, 0.25) is 0 Å². The van der Waals surface area contributed by atoms with Crippen molar-refractivity contribution in [2.75, 3.05) is 0 Å². The maximum Gasteiger partial charge on any atom is 0.596 e. The van der Waals surface area contributed by atoms with E-state index in [0.717, 1.165) is 0 Å². The van der Waals surface area contributed by atoms with Gasteiger partial charge in [-0.25, -0.2) is 14.2 Å². The lowest BCUT2D eigenvalue weighted by Crippen LogP contribution is -2.15. The highest BCUT2D eigenvalue weighted by molar-refractivity contribution is 7.48. The van der Waals surface area contributed by atoms with Crippen molar-refractivity contribution < 1.29 is 42.3 Å². The van der Waals surface area contributed by atoms with Gasteiger partial charge in [-0.2, -0.15) is 0 Å². The molecular weight excluding hydrogens is 205 g/mol. The molecule has 0 saturated carbocycles. The molecule has 0 heterocycles. The van der Waals surface area contributed by atoms with Gasteiger partial charge in [0.1, 0.15) is 0 Å². The summed E-state index contributed by atoms with van der Waals surface area (Å²) in [5.74, 6) is -4.38. The second-order valence-electron chi connectivity index (χ2n) is 1.27. The summed E-state index contributed by atoms with van der Waals surface area (Å²) in [6, 6.07) is 0. The fourth-order valence-electron chi connectivity index (χ4n) is 0.179. The number of hydrogen-bond donors (Lipinski definition) is 1. The van der Waals surface area contributed by atoms with Crippen LogP contribution >= 0.6 is 7.82 Å². The van der Waals surface area contributed by atoms with Crippen molar-refractivity contribution in [3.05, 3.63) is 0 Å². The zero-order chi connectivity index (χ0) is 9.78. The van der Waals surface area contributed by atoms with Crippen LogP contribution in [-0.2, 0) is 28.1 Å². The summed E-state index contributed by atoms with van der Waals surface area (Å²) in [4.78, 5) is 19.6. The molecule has 12 heavy (non-hydrogen) atoms. The Hall–Kier alpha value is -1.05. The van der Waals surface area contributed by atoms with Crippen molar-refractivity contribution in [2.24, 2.45) is 0 Å². The van der Waals surface area contributed by atoms with E-state index in [1.54, 1.807) is 0 Å². The summed E-state index contributed by atoms with van der Waals surface area (Å²) in [5, 5.41) is 7.78. The standard InChI is InChI=1S/C2HF2O7P/c3-10-12(8,11-4)9-2(7)1(5)6/h(H,5,6). The van der Waals surface area contributed by atoms with Gasteiger partial charge in [-0.1, -0.05) is 9.46 Å². The molecule has 10 heteroatoms. The molecule has 0 rings (SSSR count). The van der Waals surface area contributed by atoms with Crippen LogP contribution in [0.3, 0.4) is 0 Å². The first-order valence-electron chi connectivity index (χ1n) is 2.12. The molecule has 0 aliphatic rings. The molecule has 0 spiro atoms. The van der Waals surface area contributed by atoms with Gasteiger partial charge in [-0.3, -0.25) is 0 Å². The first kappa shape index (κ1) is 11.0. The smallest absolute Gasteiger partial charge is 0.473 e. The quantitative estimate of drug-likeness (QED) is 0.530. The molecule has 0 unspecified atom stereocenters. The molecule has 0 aromatic heterocycles. The summed E-state index contributed by atoms with van der Waals surface area (Å²) in [6.07, 6.45) is 0. The SMILES string of the molecule is O=C(O)C(=O)OP(=O)(OF)OF. The molecule has 0 aliphatic carbocycles. The molecule has 0 saturated heterocycles. The van der Waals surface area contributed by atoms with Crippen LogP contribution in [0.4, 0.5) is 9.05 Å². The average Bonchev–Trinajstić information content (AvgIpc) is 2.04. The Morgan fingerprint density at radius 1 is 1.25 bits per heavy atom. The van der Waals surface area contributed by atoms with Gasteiger partial charge in [0, 0.05) is 0 Å². The molecule has 0 aliphatic heterocycles. The van der Waals surface area contributed by atoms with E-state index in [4.69, 9.17) is 5.11 Å². The minimum atomic E-state index is -5.35. The van der Waals surface area contributed by atoms with Crippen LogP contribution < -0.4 is 0 Å². The lowest BCUT2D eigenvalue weighted by atomic mass is 10.7. The first-order valence-corrected chi connectivity index (χ1v) is 3.59. The molecule has 0 radical (unpaired) electrons. The van der Waals surface area contributed by atoms with E-state index in [1.165, 1.54) is 0 Å². The Morgan fingerprint density at radius 2 is 1.67 bits per heavy atom. The summed E-state index contributed by atoms with van der Waals surface area (Å²) >= 11 is 0. The molecule has 0 fully saturated rings. The monoisotopic (exact) mass is 206 g/mol. The summed E-state index contributed by atoms with van der Waals surface area (Å²) in [6.45, 7) is 0. The van der Waals surface area contributed by atoms with Crippen molar-refractivity contribution >= 4 is 19.8 Å². The number of aliphatic carboxylic acids is 1. The van der Waals surface area contributed by atoms with Gasteiger partial charge in [-0.05, 0) is 9.05 Å². The van der Waals surface area contributed by atoms with Crippen molar-refractivity contribution in [3.63, 3.8) is 0 Å². The Morgan fingerprint density at radius 3 is 1.92 bits per heavy atom. The number of hydrogen-bond acceptors (Lipinski definition) is 6. The number of carbonyl (C=O) groups excluding carboxylic acids is 1. The lowest BCUT2D eigenvalue weighted by Gasteiger charge is -2.03. The molecule has 0 aromatic carbocycles. The van der Waals surface area contributed by atoms with Crippen molar-refractivity contribution in [2.45, 2.75) is 0 Å². The first-order chi connectivity index (χ1) is 5.45. The van der Waals surface area contributed by atoms with Crippen LogP contribution in [0.15, 0.2) is 0 Å². The number of carbonyl (C=O) groups is 2. The van der Waals surface area contributed by atoms with E-state index in [9.17, 15) is 23.2 Å². The topological polar surface area (TPSA) is 99.1 Å². The van der Waals surface area contributed by atoms with E-state index in [2.05, 4.69) is 14.0 Å². The predicted octanol–water partition coefficient (Wildman–Crippen LogP) is 0.524. The van der Waals surface area contributed by atoms with Crippen LogP contribution in [0.1, 0.15) is 0 Å². The number of carboxylic acids is 1. The maximum absolute atomic E-state index is 11.1. The highest BCUT2D eigenvalue weighted by Crippen LogP contribution is 2.50. The molecule has 0 atom stereocenters. The third-order valence-corrected chi connectivity index (χ3v) is 1.27. The zero-order valence-corrected chi connectivity index (χ0v) is 5.99. The minimum Gasteiger partial charge on any atom is -0.473 e. The van der Waals surface area contributed by atoms with Crippen molar-refractivity contribution in [1.82, 2.24) is 0 Å². The number of rotatable bonds is 3. The second kappa shape index (κ2) is 4.10. The van der Waals surface area contributed by atoms with E-state index in [1.807, 2.05) is 0 Å². The average molecular weight is 206 g/mol. The van der Waals surface area contributed by atoms with Crippen LogP contribution in [0, 0.1) is 0 Å². The minimum absolute atomic E-state index is 2.17. The summed E-state index contributed by atoms with van der Waals surface area (Å²) in [7, 11) is -5.35. The third kappa shape index (κ3) is 2.91. The Balaban J connectivity index is 4.32. The zero-order valence-electron chi connectivity index (χ0n) is 5.10. The van der Waals surface area contributed by atoms with E-state index in [0.29, 0.717) is 0 Å². The van der Waals surface area contributed by atoms with Crippen molar-refractivity contribution in [3.8, 4) is 0 Å². The van der Waals surface area contributed by atoms with Gasteiger partial charge < -0.3 is 9.63 Å². The predicted molar refractivity (Wildman–Crippen MR) is 25.7 cm³/mol. The molecule has 70 valence electrons. The molecule has 0 aromatic rings. The molecule has 0 bridgehead atoms. The van der Waals surface area contributed by atoms with Gasteiger partial charge in [0.25, 0.3) is 0 Å². The number of carboxylic acid groups (broad SMARTS) is 1. The largest absolute Gasteiger partial charge is 0.596 e. The summed E-state index contributed by atoms with van der Waals surface area (Å²) in [5.41, 5.74) is 0. The van der Waals surface area contributed by atoms with Gasteiger partial charge in [0.15, 0.2) is 0 Å². The highest BCUT2D eigenvalue weighted by atomic mass is 31.2. The van der Waals surface area contributed by atoms with Gasteiger partial charge in [0.05, 0.1) is 0 Å². The van der Waals surface area contributed by atoms with E-state index in [-0.39, 0.29) is 0 Å². The van der Waals surface area contributed by atoms with E-state index >= 15 is 0 Å². The normalized spacial score (nSPS) is 10.8. The van der Waals surface area contributed by atoms with Crippen LogP contribution in [0.2, 0.25) is 0 Å². The molecule has 0 amide bonds. The van der Waals surface area contributed by atoms with Crippen LogP contribution in [-0.4, -0.2) is 17.0 Å². The van der Waals surface area contributed by atoms with Gasteiger partial charge >= 0.3 is 19.8 Å². The maximum atomic E-state index is 11.1. The Bertz CT molecular complexity index is 230.